The molecule has 4 rings (SSSR count). The summed E-state index contributed by atoms with van der Waals surface area (Å²) >= 11 is 0. The SMILES string of the molecule is CCCC(=O)NC(CC(=O)O)C(=O)NC1C(=O)NC(CC(C)C)C(=O)NC2CCC(O)N(C2=O)C(Cc2ccccc2)C(=O)N(C)C(Cc2ccccc2)C(=O)NC(C(C)C)C(=O)OC1C. The van der Waals surface area contributed by atoms with E-state index >= 15 is 0 Å². The Kier molecular flexibility index (Phi) is 19.2. The number of hydrogen-bond acceptors (Lipinski definition) is 11. The summed E-state index contributed by atoms with van der Waals surface area (Å²) in [5.41, 5.74) is 1.28. The van der Waals surface area contributed by atoms with Gasteiger partial charge in [0.1, 0.15) is 54.6 Å². The summed E-state index contributed by atoms with van der Waals surface area (Å²) in [4.78, 5) is 127. The number of carboxylic acid groups (broad SMARTS) is 1. The van der Waals surface area contributed by atoms with Crippen molar-refractivity contribution in [2.75, 3.05) is 7.05 Å². The third-order valence-electron chi connectivity index (χ3n) is 11.6. The molecule has 360 valence electrons. The number of piperidine rings is 1. The zero-order chi connectivity index (χ0) is 48.8. The number of hydrogen-bond donors (Lipinski definition) is 7. The number of amides is 7. The fourth-order valence-electron chi connectivity index (χ4n) is 8.01. The zero-order valence-corrected chi connectivity index (χ0v) is 38.7. The quantitative estimate of drug-likeness (QED) is 0.131. The fourth-order valence-corrected chi connectivity index (χ4v) is 8.01. The molecule has 9 unspecified atom stereocenters. The smallest absolute Gasteiger partial charge is 0.329 e. The molecule has 0 spiro atoms. The summed E-state index contributed by atoms with van der Waals surface area (Å²) in [6.45, 7) is 9.79. The molecule has 7 N–H and O–H groups in total. The van der Waals surface area contributed by atoms with E-state index in [1.807, 2.05) is 0 Å². The number of carbonyl (C=O) groups is 9. The van der Waals surface area contributed by atoms with E-state index in [-0.39, 0.29) is 44.4 Å². The van der Waals surface area contributed by atoms with Gasteiger partial charge in [-0.15, -0.1) is 0 Å². The second-order valence-corrected chi connectivity index (χ2v) is 17.7. The standard InChI is InChI=1S/C47H65N7O12/c1-8-15-36(55)48-33(25-38(57)58)42(60)52-40-28(6)66-47(65)39(27(4)5)51-43(61)34(23-29-16-11-9-12-17-29)53(7)46(64)35(24-30-18-13-10-14-19-30)54-37(56)21-20-31(45(54)63)49-41(59)32(22-26(2)3)50-44(40)62/h9-14,16-19,26-28,31-35,37,39-40,56H,8,15,20-25H2,1-7H3,(H,48,55)(H,49,59)(H,50,62)(H,51,61)(H,52,60)(H,57,58). The molecule has 0 radical (unpaired) electrons. The second kappa shape index (κ2) is 24.2. The number of fused-ring (bicyclic) bond motifs is 2. The molecular weight excluding hydrogens is 855 g/mol. The van der Waals surface area contributed by atoms with Crippen molar-refractivity contribution in [2.45, 2.75) is 148 Å². The number of aliphatic hydroxyl groups is 1. The van der Waals surface area contributed by atoms with Crippen LogP contribution in [-0.4, -0.2) is 135 Å². The second-order valence-electron chi connectivity index (χ2n) is 17.7. The van der Waals surface area contributed by atoms with Crippen molar-refractivity contribution in [3.63, 3.8) is 0 Å². The molecule has 66 heavy (non-hydrogen) atoms. The Balaban J connectivity index is 1.87. The molecule has 2 aromatic carbocycles. The average molecular weight is 920 g/mol. The zero-order valence-electron chi connectivity index (χ0n) is 38.7. The Morgan fingerprint density at radius 1 is 0.803 bits per heavy atom. The van der Waals surface area contributed by atoms with Crippen LogP contribution in [0.3, 0.4) is 0 Å². The molecule has 2 aliphatic heterocycles. The van der Waals surface area contributed by atoms with Crippen molar-refractivity contribution in [3.05, 3.63) is 71.8 Å². The minimum absolute atomic E-state index is 0.0124. The molecule has 2 aliphatic rings. The predicted molar refractivity (Wildman–Crippen MR) is 239 cm³/mol. The Morgan fingerprint density at radius 2 is 1.39 bits per heavy atom. The van der Waals surface area contributed by atoms with Crippen molar-refractivity contribution >= 4 is 53.3 Å². The van der Waals surface area contributed by atoms with Gasteiger partial charge >= 0.3 is 11.9 Å². The van der Waals surface area contributed by atoms with Crippen molar-refractivity contribution in [2.24, 2.45) is 11.8 Å². The third-order valence-corrected chi connectivity index (χ3v) is 11.6. The summed E-state index contributed by atoms with van der Waals surface area (Å²) < 4.78 is 5.82. The molecule has 0 saturated carbocycles. The first-order chi connectivity index (χ1) is 31.2. The average Bonchev–Trinajstić information content (AvgIpc) is 3.25. The Morgan fingerprint density at radius 3 is 1.94 bits per heavy atom. The van der Waals surface area contributed by atoms with Crippen molar-refractivity contribution < 1.29 is 58.1 Å². The van der Waals surface area contributed by atoms with Crippen LogP contribution in [0, 0.1) is 11.8 Å². The highest BCUT2D eigenvalue weighted by Gasteiger charge is 2.46. The van der Waals surface area contributed by atoms with E-state index < -0.39 is 120 Å². The lowest BCUT2D eigenvalue weighted by atomic mass is 9.95. The number of aliphatic hydroxyl groups excluding tert-OH is 1. The number of nitrogens with one attached hydrogen (secondary N) is 5. The minimum atomic E-state index is -1.80. The topological polar surface area (TPSA) is 270 Å². The molecular formula is C47H65N7O12. The van der Waals surface area contributed by atoms with Gasteiger partial charge in [-0.25, -0.2) is 4.79 Å². The number of carbonyl (C=O) groups excluding carboxylic acids is 8. The summed E-state index contributed by atoms with van der Waals surface area (Å²) in [6.07, 6.45) is -3.73. The van der Waals surface area contributed by atoms with Crippen LogP contribution in [0.4, 0.5) is 0 Å². The fraction of sp³-hybridized carbons (Fsp3) is 0.553. The van der Waals surface area contributed by atoms with Gasteiger partial charge in [-0.3, -0.25) is 38.4 Å². The largest absolute Gasteiger partial charge is 0.481 e. The highest BCUT2D eigenvalue weighted by molar-refractivity contribution is 5.99. The Bertz CT molecular complexity index is 2050. The molecule has 7 amide bonds. The van der Waals surface area contributed by atoms with Gasteiger partial charge in [0, 0.05) is 26.3 Å². The number of rotatable bonds is 14. The van der Waals surface area contributed by atoms with E-state index in [9.17, 15) is 53.4 Å². The minimum Gasteiger partial charge on any atom is -0.481 e. The summed E-state index contributed by atoms with van der Waals surface area (Å²) in [5.74, 6) is -9.20. The van der Waals surface area contributed by atoms with Crippen molar-refractivity contribution in [3.8, 4) is 0 Å². The lowest BCUT2D eigenvalue weighted by Gasteiger charge is -2.43. The van der Waals surface area contributed by atoms with Gasteiger partial charge in [0.25, 0.3) is 0 Å². The van der Waals surface area contributed by atoms with E-state index in [0.717, 1.165) is 4.90 Å². The lowest BCUT2D eigenvalue weighted by Crippen LogP contribution is -2.65. The Hall–Kier alpha value is -6.37. The maximum Gasteiger partial charge on any atom is 0.329 e. The van der Waals surface area contributed by atoms with Crippen LogP contribution in [0.1, 0.15) is 91.2 Å². The van der Waals surface area contributed by atoms with Gasteiger partial charge in [-0.2, -0.15) is 0 Å². The van der Waals surface area contributed by atoms with E-state index in [1.54, 1.807) is 95.3 Å². The highest BCUT2D eigenvalue weighted by atomic mass is 16.5. The molecule has 19 heteroatoms. The number of ether oxygens (including phenoxy) is 1. The van der Waals surface area contributed by atoms with Crippen LogP contribution in [0.2, 0.25) is 0 Å². The van der Waals surface area contributed by atoms with Gasteiger partial charge in [-0.1, -0.05) is 95.3 Å². The van der Waals surface area contributed by atoms with E-state index in [4.69, 9.17) is 4.74 Å². The maximum absolute atomic E-state index is 15.0. The van der Waals surface area contributed by atoms with Crippen LogP contribution in [0.5, 0.6) is 0 Å². The van der Waals surface area contributed by atoms with Gasteiger partial charge in [-0.05, 0) is 55.6 Å². The van der Waals surface area contributed by atoms with Crippen molar-refractivity contribution in [1.82, 2.24) is 36.4 Å². The summed E-state index contributed by atoms with van der Waals surface area (Å²) in [7, 11) is 1.39. The van der Waals surface area contributed by atoms with Crippen LogP contribution >= 0.6 is 0 Å². The first-order valence-electron chi connectivity index (χ1n) is 22.5. The number of benzene rings is 2. The van der Waals surface area contributed by atoms with E-state index in [0.29, 0.717) is 17.5 Å². The molecule has 0 aliphatic carbocycles. The van der Waals surface area contributed by atoms with Crippen LogP contribution in [0.25, 0.3) is 0 Å². The summed E-state index contributed by atoms with van der Waals surface area (Å²) in [6, 6.07) is 7.39. The van der Waals surface area contributed by atoms with Gasteiger partial charge < -0.3 is 51.3 Å². The van der Waals surface area contributed by atoms with Gasteiger partial charge in [0.15, 0.2) is 0 Å². The first kappa shape index (κ1) is 52.3. The van der Waals surface area contributed by atoms with Crippen LogP contribution < -0.4 is 26.6 Å². The molecule has 2 saturated heterocycles. The van der Waals surface area contributed by atoms with Gasteiger partial charge in [0.05, 0.1) is 6.42 Å². The van der Waals surface area contributed by atoms with E-state index in [2.05, 4.69) is 26.6 Å². The highest BCUT2D eigenvalue weighted by Crippen LogP contribution is 2.25. The molecule has 19 nitrogen and oxygen atoms in total. The lowest BCUT2D eigenvalue weighted by molar-refractivity contribution is -0.165. The van der Waals surface area contributed by atoms with Crippen LogP contribution in [-0.2, 0) is 60.7 Å². The first-order valence-corrected chi connectivity index (χ1v) is 22.5. The molecule has 2 aromatic rings. The predicted octanol–water partition coefficient (Wildman–Crippen LogP) is 0.954. The Labute approximate surface area is 385 Å². The number of likely N-dealkylation sites (N-methyl/N-ethyl adjacent to an activating group) is 1. The van der Waals surface area contributed by atoms with Gasteiger partial charge in [0.2, 0.25) is 41.4 Å². The van der Waals surface area contributed by atoms with E-state index in [1.165, 1.54) is 18.9 Å². The summed E-state index contributed by atoms with van der Waals surface area (Å²) in [5, 5.41) is 34.0. The number of nitrogens with zero attached hydrogens (tertiary/aromatic N) is 2. The van der Waals surface area contributed by atoms with Crippen molar-refractivity contribution in [1.29, 1.82) is 0 Å². The number of esters is 1. The maximum atomic E-state index is 15.0. The number of carboxylic acids is 1. The monoisotopic (exact) mass is 919 g/mol. The number of aliphatic carboxylic acids is 1. The van der Waals surface area contributed by atoms with Crippen LogP contribution in [0.15, 0.2) is 60.7 Å². The molecule has 2 heterocycles. The molecule has 9 atom stereocenters. The molecule has 0 aromatic heterocycles. The molecule has 2 fully saturated rings. The normalized spacial score (nSPS) is 25.4. The molecule has 2 bridgehead atoms. The third kappa shape index (κ3) is 14.3. The number of cyclic esters (lactones) is 1.